The number of rotatable bonds is 2. The van der Waals surface area contributed by atoms with Gasteiger partial charge in [-0.2, -0.15) is 0 Å². The topological polar surface area (TPSA) is 74.9 Å². The number of hydrogen-bond acceptors (Lipinski definition) is 4. The molecule has 1 aliphatic heterocycles. The quantitative estimate of drug-likeness (QED) is 0.731. The fourth-order valence-corrected chi connectivity index (χ4v) is 2.67. The van der Waals surface area contributed by atoms with Gasteiger partial charge in [-0.3, -0.25) is 14.5 Å². The molecule has 0 radical (unpaired) electrons. The molecule has 0 saturated heterocycles. The molecule has 1 aliphatic rings. The first-order chi connectivity index (χ1) is 10.6. The van der Waals surface area contributed by atoms with Crippen LogP contribution in [-0.4, -0.2) is 31.2 Å². The second-order valence-electron chi connectivity index (χ2n) is 5.10. The Balaban J connectivity index is 1.70. The van der Waals surface area contributed by atoms with Crippen LogP contribution in [0.1, 0.15) is 26.4 Å². The van der Waals surface area contributed by atoms with E-state index < -0.39 is 0 Å². The zero-order valence-corrected chi connectivity index (χ0v) is 11.4. The highest BCUT2D eigenvalue weighted by Crippen LogP contribution is 2.25. The largest absolute Gasteiger partial charge is 0.504 e. The second-order valence-corrected chi connectivity index (χ2v) is 5.10. The molecule has 0 fully saturated rings. The summed E-state index contributed by atoms with van der Waals surface area (Å²) in [5.74, 6) is -0.583. The minimum absolute atomic E-state index is 0.0520. The van der Waals surface area contributed by atoms with Crippen molar-refractivity contribution in [3.8, 4) is 5.75 Å². The number of imide groups is 1. The van der Waals surface area contributed by atoms with E-state index in [4.69, 9.17) is 0 Å². The smallest absolute Gasteiger partial charge is 0.261 e. The molecule has 0 bridgehead atoms. The summed E-state index contributed by atoms with van der Waals surface area (Å²) < 4.78 is 1.66. The zero-order chi connectivity index (χ0) is 15.3. The molecule has 4 rings (SSSR count). The number of aromatic nitrogens is 2. The van der Waals surface area contributed by atoms with Crippen molar-refractivity contribution in [2.24, 2.45) is 0 Å². The molecule has 2 aromatic heterocycles. The van der Waals surface area contributed by atoms with Crippen LogP contribution < -0.4 is 0 Å². The third-order valence-electron chi connectivity index (χ3n) is 3.71. The summed E-state index contributed by atoms with van der Waals surface area (Å²) >= 11 is 0. The van der Waals surface area contributed by atoms with Crippen LogP contribution in [0.3, 0.4) is 0 Å². The molecular weight excluding hydrogens is 282 g/mol. The number of benzene rings is 1. The van der Waals surface area contributed by atoms with Gasteiger partial charge >= 0.3 is 0 Å². The van der Waals surface area contributed by atoms with Crippen LogP contribution in [-0.2, 0) is 6.54 Å². The Bertz CT molecular complexity index is 894. The molecule has 0 unspecified atom stereocenters. The predicted octanol–water partition coefficient (Wildman–Crippen LogP) is 1.84. The third kappa shape index (κ3) is 1.70. The van der Waals surface area contributed by atoms with E-state index in [0.29, 0.717) is 22.5 Å². The van der Waals surface area contributed by atoms with Gasteiger partial charge in [0.25, 0.3) is 11.8 Å². The predicted molar refractivity (Wildman–Crippen MR) is 77.5 cm³/mol. The van der Waals surface area contributed by atoms with Crippen molar-refractivity contribution in [2.45, 2.75) is 6.54 Å². The Kier molecular flexibility index (Phi) is 2.53. The highest BCUT2D eigenvalue weighted by molar-refractivity contribution is 6.21. The molecule has 0 spiro atoms. The Labute approximate surface area is 125 Å². The Morgan fingerprint density at radius 1 is 1.00 bits per heavy atom. The fraction of sp³-hybridized carbons (Fsp3) is 0.0625. The Hall–Kier alpha value is -3.15. The molecule has 0 saturated carbocycles. The van der Waals surface area contributed by atoms with Crippen LogP contribution in [0.4, 0.5) is 0 Å². The summed E-state index contributed by atoms with van der Waals surface area (Å²) in [6.45, 7) is 0.0769. The number of carbonyl (C=O) groups is 2. The van der Waals surface area contributed by atoms with Crippen LogP contribution in [0.15, 0.2) is 48.8 Å². The number of amides is 2. The molecule has 1 aromatic carbocycles. The van der Waals surface area contributed by atoms with Gasteiger partial charge in [0.05, 0.1) is 23.4 Å². The van der Waals surface area contributed by atoms with Crippen LogP contribution in [0.25, 0.3) is 5.65 Å². The normalized spacial score (nSPS) is 13.9. The summed E-state index contributed by atoms with van der Waals surface area (Å²) in [6, 6.07) is 9.98. The van der Waals surface area contributed by atoms with Crippen molar-refractivity contribution in [3.63, 3.8) is 0 Å². The van der Waals surface area contributed by atoms with E-state index in [9.17, 15) is 14.7 Å². The van der Waals surface area contributed by atoms with E-state index >= 15 is 0 Å². The summed E-state index contributed by atoms with van der Waals surface area (Å²) in [5, 5.41) is 9.76. The van der Waals surface area contributed by atoms with Crippen molar-refractivity contribution >= 4 is 17.5 Å². The molecule has 3 aromatic rings. The lowest BCUT2D eigenvalue weighted by atomic mass is 10.1. The van der Waals surface area contributed by atoms with E-state index in [1.54, 1.807) is 47.1 Å². The average molecular weight is 293 g/mol. The van der Waals surface area contributed by atoms with Crippen molar-refractivity contribution < 1.29 is 14.7 Å². The van der Waals surface area contributed by atoms with Gasteiger partial charge in [-0.05, 0) is 24.3 Å². The van der Waals surface area contributed by atoms with Gasteiger partial charge in [0.15, 0.2) is 11.4 Å². The maximum absolute atomic E-state index is 12.3. The summed E-state index contributed by atoms with van der Waals surface area (Å²) in [6.07, 6.45) is 3.44. The molecule has 6 nitrogen and oxygen atoms in total. The number of aromatic hydroxyl groups is 1. The van der Waals surface area contributed by atoms with E-state index in [0.717, 1.165) is 0 Å². The van der Waals surface area contributed by atoms with Gasteiger partial charge in [-0.1, -0.05) is 12.1 Å². The maximum Gasteiger partial charge on any atom is 0.261 e. The van der Waals surface area contributed by atoms with Crippen LogP contribution in [0, 0.1) is 0 Å². The number of carbonyl (C=O) groups excluding carboxylic acids is 2. The standard InChI is InChI=1S/C16H11N3O3/c20-13-6-3-7-18-8-10(17-14(13)18)9-19-15(21)11-4-1-2-5-12(11)16(19)22/h1-8,20H,9H2. The zero-order valence-electron chi connectivity index (χ0n) is 11.4. The molecule has 6 heteroatoms. The first-order valence-corrected chi connectivity index (χ1v) is 6.76. The van der Waals surface area contributed by atoms with Gasteiger partial charge in [-0.15, -0.1) is 0 Å². The van der Waals surface area contributed by atoms with Crippen LogP contribution in [0.2, 0.25) is 0 Å². The highest BCUT2D eigenvalue weighted by Gasteiger charge is 2.35. The number of nitrogens with zero attached hydrogens (tertiary/aromatic N) is 3. The van der Waals surface area contributed by atoms with Crippen molar-refractivity contribution in [1.82, 2.24) is 14.3 Å². The average Bonchev–Trinajstić information content (AvgIpc) is 3.04. The molecule has 2 amide bonds. The van der Waals surface area contributed by atoms with Gasteiger partial charge in [-0.25, -0.2) is 4.98 Å². The van der Waals surface area contributed by atoms with E-state index in [-0.39, 0.29) is 24.1 Å². The fourth-order valence-electron chi connectivity index (χ4n) is 2.67. The minimum Gasteiger partial charge on any atom is -0.504 e. The van der Waals surface area contributed by atoms with E-state index in [1.165, 1.54) is 11.0 Å². The highest BCUT2D eigenvalue weighted by atomic mass is 16.3. The third-order valence-corrected chi connectivity index (χ3v) is 3.71. The molecule has 108 valence electrons. The maximum atomic E-state index is 12.3. The van der Waals surface area contributed by atoms with Crippen LogP contribution in [0.5, 0.6) is 5.75 Å². The first kappa shape index (κ1) is 12.6. The molecule has 22 heavy (non-hydrogen) atoms. The van der Waals surface area contributed by atoms with Gasteiger partial charge < -0.3 is 9.51 Å². The van der Waals surface area contributed by atoms with Gasteiger partial charge in [0, 0.05) is 12.4 Å². The van der Waals surface area contributed by atoms with Crippen molar-refractivity contribution in [2.75, 3.05) is 0 Å². The lowest BCUT2D eigenvalue weighted by Gasteiger charge is -2.11. The summed E-state index contributed by atoms with van der Waals surface area (Å²) in [4.78, 5) is 30.1. The first-order valence-electron chi connectivity index (χ1n) is 6.76. The lowest BCUT2D eigenvalue weighted by molar-refractivity contribution is 0.0640. The lowest BCUT2D eigenvalue weighted by Crippen LogP contribution is -2.29. The summed E-state index contributed by atoms with van der Waals surface area (Å²) in [7, 11) is 0. The van der Waals surface area contributed by atoms with E-state index in [2.05, 4.69) is 4.98 Å². The molecule has 0 atom stereocenters. The number of pyridine rings is 1. The molecular formula is C16H11N3O3. The monoisotopic (exact) mass is 293 g/mol. The minimum atomic E-state index is -0.318. The number of hydrogen-bond donors (Lipinski definition) is 1. The van der Waals surface area contributed by atoms with Crippen molar-refractivity contribution in [1.29, 1.82) is 0 Å². The van der Waals surface area contributed by atoms with Gasteiger partial charge in [0.1, 0.15) is 0 Å². The number of imidazole rings is 1. The Morgan fingerprint density at radius 2 is 1.68 bits per heavy atom. The van der Waals surface area contributed by atoms with E-state index in [1.807, 2.05) is 0 Å². The molecule has 0 aliphatic carbocycles. The SMILES string of the molecule is O=C1c2ccccc2C(=O)N1Cc1cn2cccc(O)c2n1. The molecule has 1 N–H and O–H groups in total. The van der Waals surface area contributed by atoms with Crippen LogP contribution >= 0.6 is 0 Å². The molecule has 3 heterocycles. The van der Waals surface area contributed by atoms with Gasteiger partial charge in [0.2, 0.25) is 0 Å². The number of fused-ring (bicyclic) bond motifs is 2. The second kappa shape index (κ2) is 4.42. The summed E-state index contributed by atoms with van der Waals surface area (Å²) in [5.41, 5.74) is 1.77. The van der Waals surface area contributed by atoms with Crippen molar-refractivity contribution in [3.05, 3.63) is 65.6 Å². The Morgan fingerprint density at radius 3 is 2.32 bits per heavy atom.